The highest BCUT2D eigenvalue weighted by molar-refractivity contribution is 5.96. The van der Waals surface area contributed by atoms with E-state index in [0.29, 0.717) is 6.04 Å². The Labute approximate surface area is 109 Å². The predicted octanol–water partition coefficient (Wildman–Crippen LogP) is 2.13. The number of benzene rings is 1. The van der Waals surface area contributed by atoms with Gasteiger partial charge in [0.1, 0.15) is 0 Å². The van der Waals surface area contributed by atoms with Crippen LogP contribution in [0.4, 0.5) is 0 Å². The first kappa shape index (κ1) is 13.1. The molecule has 1 aliphatic rings. The summed E-state index contributed by atoms with van der Waals surface area (Å²) in [7, 11) is 1.92. The van der Waals surface area contributed by atoms with Gasteiger partial charge in [0.2, 0.25) is 0 Å². The maximum atomic E-state index is 12.5. The Hall–Kier alpha value is -1.35. The van der Waals surface area contributed by atoms with Crippen LogP contribution < -0.4 is 5.32 Å². The Kier molecular flexibility index (Phi) is 4.02. The first-order valence-corrected chi connectivity index (χ1v) is 6.65. The summed E-state index contributed by atoms with van der Waals surface area (Å²) >= 11 is 0. The average Bonchev–Trinajstić information content (AvgIpc) is 2.41. The largest absolute Gasteiger partial charge is 0.337 e. The number of carbonyl (C=O) groups excluding carboxylic acids is 1. The molecule has 2 rings (SSSR count). The van der Waals surface area contributed by atoms with E-state index in [1.165, 1.54) is 5.56 Å². The van der Waals surface area contributed by atoms with Crippen molar-refractivity contribution in [3.05, 3.63) is 34.9 Å². The van der Waals surface area contributed by atoms with Crippen LogP contribution in [0.3, 0.4) is 0 Å². The maximum absolute atomic E-state index is 12.5. The highest BCUT2D eigenvalue weighted by Crippen LogP contribution is 2.17. The molecule has 1 N–H and O–H groups in total. The standard InChI is InChI=1S/C15H22N2O/c1-11-6-4-8-14(12(11)2)15(18)17(3)13-7-5-9-16-10-13/h4,6,8,13,16H,5,7,9-10H2,1-3H3. The van der Waals surface area contributed by atoms with E-state index in [9.17, 15) is 4.79 Å². The molecule has 3 heteroatoms. The Morgan fingerprint density at radius 1 is 1.39 bits per heavy atom. The molecule has 98 valence electrons. The molecule has 0 radical (unpaired) electrons. The van der Waals surface area contributed by atoms with Crippen LogP contribution in [0.1, 0.15) is 34.3 Å². The summed E-state index contributed by atoms with van der Waals surface area (Å²) in [5, 5.41) is 3.35. The molecule has 1 fully saturated rings. The van der Waals surface area contributed by atoms with Gasteiger partial charge in [-0.05, 0) is 50.4 Å². The second-order valence-electron chi connectivity index (χ2n) is 5.16. The molecule has 0 spiro atoms. The van der Waals surface area contributed by atoms with E-state index in [0.717, 1.165) is 37.1 Å². The molecule has 3 nitrogen and oxygen atoms in total. The van der Waals surface area contributed by atoms with Gasteiger partial charge in [-0.3, -0.25) is 4.79 Å². The van der Waals surface area contributed by atoms with Crippen molar-refractivity contribution in [1.82, 2.24) is 10.2 Å². The van der Waals surface area contributed by atoms with Crippen molar-refractivity contribution in [1.29, 1.82) is 0 Å². The lowest BCUT2D eigenvalue weighted by Crippen LogP contribution is -2.46. The molecule has 1 aromatic rings. The predicted molar refractivity (Wildman–Crippen MR) is 73.9 cm³/mol. The highest BCUT2D eigenvalue weighted by atomic mass is 16.2. The minimum absolute atomic E-state index is 0.143. The zero-order valence-electron chi connectivity index (χ0n) is 11.5. The van der Waals surface area contributed by atoms with Gasteiger partial charge in [-0.1, -0.05) is 12.1 Å². The van der Waals surface area contributed by atoms with E-state index in [-0.39, 0.29) is 5.91 Å². The second-order valence-corrected chi connectivity index (χ2v) is 5.16. The van der Waals surface area contributed by atoms with Crippen LogP contribution in [0.5, 0.6) is 0 Å². The molecule has 0 aromatic heterocycles. The molecule has 1 saturated heterocycles. The molecule has 1 unspecified atom stereocenters. The number of nitrogens with zero attached hydrogens (tertiary/aromatic N) is 1. The number of amides is 1. The number of piperidine rings is 1. The third kappa shape index (κ3) is 2.56. The van der Waals surface area contributed by atoms with E-state index in [1.54, 1.807) is 0 Å². The Balaban J connectivity index is 2.17. The van der Waals surface area contributed by atoms with Crippen LogP contribution in [0.25, 0.3) is 0 Å². The van der Waals surface area contributed by atoms with Gasteiger partial charge in [-0.2, -0.15) is 0 Å². The summed E-state index contributed by atoms with van der Waals surface area (Å²) in [6.45, 7) is 6.05. The lowest BCUT2D eigenvalue weighted by atomic mass is 10.0. The second kappa shape index (κ2) is 5.53. The van der Waals surface area contributed by atoms with Crippen LogP contribution in [-0.2, 0) is 0 Å². The number of carbonyl (C=O) groups is 1. The minimum atomic E-state index is 0.143. The number of rotatable bonds is 2. The molecule has 0 saturated carbocycles. The molecule has 1 aliphatic heterocycles. The maximum Gasteiger partial charge on any atom is 0.254 e. The van der Waals surface area contributed by atoms with Crippen LogP contribution in [0.15, 0.2) is 18.2 Å². The lowest BCUT2D eigenvalue weighted by Gasteiger charge is -2.32. The first-order chi connectivity index (χ1) is 8.61. The normalized spacial score (nSPS) is 19.6. The highest BCUT2D eigenvalue weighted by Gasteiger charge is 2.23. The van der Waals surface area contributed by atoms with Gasteiger partial charge in [-0.15, -0.1) is 0 Å². The number of hydrogen-bond acceptors (Lipinski definition) is 2. The van der Waals surface area contributed by atoms with Crippen molar-refractivity contribution < 1.29 is 4.79 Å². The number of likely N-dealkylation sites (N-methyl/N-ethyl adjacent to an activating group) is 1. The van der Waals surface area contributed by atoms with Crippen LogP contribution in [0.2, 0.25) is 0 Å². The van der Waals surface area contributed by atoms with Crippen LogP contribution in [-0.4, -0.2) is 37.0 Å². The van der Waals surface area contributed by atoms with E-state index >= 15 is 0 Å². The SMILES string of the molecule is Cc1cccc(C(=O)N(C)C2CCCNC2)c1C. The van der Waals surface area contributed by atoms with Crippen LogP contribution in [0, 0.1) is 13.8 Å². The Morgan fingerprint density at radius 3 is 2.83 bits per heavy atom. The summed E-state index contributed by atoms with van der Waals surface area (Å²) in [5.74, 6) is 0.143. The van der Waals surface area contributed by atoms with Crippen molar-refractivity contribution >= 4 is 5.91 Å². The fraction of sp³-hybridized carbons (Fsp3) is 0.533. The van der Waals surface area contributed by atoms with Crippen molar-refractivity contribution in [3.63, 3.8) is 0 Å². The van der Waals surface area contributed by atoms with E-state index < -0.39 is 0 Å². The van der Waals surface area contributed by atoms with E-state index in [1.807, 2.05) is 44.0 Å². The molecule has 1 aromatic carbocycles. The molecule has 0 aliphatic carbocycles. The van der Waals surface area contributed by atoms with Gasteiger partial charge in [0.05, 0.1) is 0 Å². The smallest absolute Gasteiger partial charge is 0.254 e. The monoisotopic (exact) mass is 246 g/mol. The molecular weight excluding hydrogens is 224 g/mol. The Bertz CT molecular complexity index is 436. The summed E-state index contributed by atoms with van der Waals surface area (Å²) in [5.41, 5.74) is 3.11. The van der Waals surface area contributed by atoms with E-state index in [2.05, 4.69) is 5.32 Å². The fourth-order valence-electron chi connectivity index (χ4n) is 2.50. The average molecular weight is 246 g/mol. The van der Waals surface area contributed by atoms with Crippen molar-refractivity contribution in [2.45, 2.75) is 32.7 Å². The van der Waals surface area contributed by atoms with Gasteiger partial charge in [0, 0.05) is 25.2 Å². The minimum Gasteiger partial charge on any atom is -0.337 e. The number of nitrogens with one attached hydrogen (secondary N) is 1. The summed E-state index contributed by atoms with van der Waals surface area (Å²) < 4.78 is 0. The summed E-state index contributed by atoms with van der Waals surface area (Å²) in [4.78, 5) is 14.4. The molecule has 1 amide bonds. The van der Waals surface area contributed by atoms with E-state index in [4.69, 9.17) is 0 Å². The van der Waals surface area contributed by atoms with Gasteiger partial charge < -0.3 is 10.2 Å². The van der Waals surface area contributed by atoms with Gasteiger partial charge in [0.15, 0.2) is 0 Å². The molecule has 1 atom stereocenters. The summed E-state index contributed by atoms with van der Waals surface area (Å²) in [6, 6.07) is 6.26. The number of hydrogen-bond donors (Lipinski definition) is 1. The quantitative estimate of drug-likeness (QED) is 0.867. The van der Waals surface area contributed by atoms with Gasteiger partial charge >= 0.3 is 0 Å². The zero-order valence-corrected chi connectivity index (χ0v) is 11.5. The van der Waals surface area contributed by atoms with Crippen molar-refractivity contribution in [2.24, 2.45) is 0 Å². The third-order valence-electron chi connectivity index (χ3n) is 3.97. The van der Waals surface area contributed by atoms with Gasteiger partial charge in [0.25, 0.3) is 5.91 Å². The topological polar surface area (TPSA) is 32.3 Å². The first-order valence-electron chi connectivity index (χ1n) is 6.65. The summed E-state index contributed by atoms with van der Waals surface area (Å²) in [6.07, 6.45) is 2.25. The van der Waals surface area contributed by atoms with Crippen LogP contribution >= 0.6 is 0 Å². The molecular formula is C15H22N2O. The lowest BCUT2D eigenvalue weighted by molar-refractivity contribution is 0.0707. The van der Waals surface area contributed by atoms with Crippen molar-refractivity contribution in [3.8, 4) is 0 Å². The third-order valence-corrected chi connectivity index (χ3v) is 3.97. The molecule has 0 bridgehead atoms. The zero-order chi connectivity index (χ0) is 13.1. The fourth-order valence-corrected chi connectivity index (χ4v) is 2.50. The van der Waals surface area contributed by atoms with Crippen molar-refractivity contribution in [2.75, 3.05) is 20.1 Å². The van der Waals surface area contributed by atoms with Gasteiger partial charge in [-0.25, -0.2) is 0 Å². The Morgan fingerprint density at radius 2 is 2.17 bits per heavy atom. The molecule has 18 heavy (non-hydrogen) atoms. The molecule has 1 heterocycles. The number of aryl methyl sites for hydroxylation is 1.